The van der Waals surface area contributed by atoms with E-state index >= 15 is 0 Å². The Morgan fingerprint density at radius 2 is 1.81 bits per heavy atom. The zero-order valence-electron chi connectivity index (χ0n) is 11.7. The molecule has 0 saturated carbocycles. The van der Waals surface area contributed by atoms with Crippen LogP contribution >= 0.6 is 0 Å². The molecule has 0 radical (unpaired) electrons. The van der Waals surface area contributed by atoms with Gasteiger partial charge >= 0.3 is 5.97 Å². The third kappa shape index (κ3) is 6.98. The van der Waals surface area contributed by atoms with Crippen molar-refractivity contribution in [3.05, 3.63) is 23.6 Å². The van der Waals surface area contributed by atoms with Gasteiger partial charge in [0, 0.05) is 7.11 Å². The lowest BCUT2D eigenvalue weighted by Gasteiger charge is -2.08. The molecule has 8 heteroatoms. The van der Waals surface area contributed by atoms with Gasteiger partial charge in [0.25, 0.3) is 0 Å². The molecule has 0 aliphatic heterocycles. The molecule has 0 spiro atoms. The van der Waals surface area contributed by atoms with E-state index < -0.39 is 11.8 Å². The molecule has 0 bridgehead atoms. The number of pyridine rings is 1. The maximum Gasteiger partial charge on any atom is 0.341 e. The van der Waals surface area contributed by atoms with Gasteiger partial charge in [-0.1, -0.05) is 0 Å². The molecule has 1 N–H and O–H groups in total. The topological polar surface area (TPSA) is 87.1 Å². The predicted molar refractivity (Wildman–Crippen MR) is 70.2 cm³/mol. The van der Waals surface area contributed by atoms with E-state index in [1.54, 1.807) is 7.11 Å². The van der Waals surface area contributed by atoms with E-state index in [1.807, 2.05) is 0 Å². The van der Waals surface area contributed by atoms with Crippen molar-refractivity contribution in [3.63, 3.8) is 0 Å². The second-order valence-corrected chi connectivity index (χ2v) is 3.88. The summed E-state index contributed by atoms with van der Waals surface area (Å²) in [5, 5.41) is 8.89. The Hall–Kier alpha value is -1.77. The first-order valence-electron chi connectivity index (χ1n) is 6.31. The van der Waals surface area contributed by atoms with E-state index in [2.05, 4.69) is 4.98 Å². The summed E-state index contributed by atoms with van der Waals surface area (Å²) >= 11 is 0. The quantitative estimate of drug-likeness (QED) is 0.610. The Kier molecular flexibility index (Phi) is 8.25. The Balaban J connectivity index is 2.20. The van der Waals surface area contributed by atoms with Crippen molar-refractivity contribution in [1.82, 2.24) is 4.98 Å². The summed E-state index contributed by atoms with van der Waals surface area (Å²) in [4.78, 5) is 14.5. The highest BCUT2D eigenvalue weighted by atomic mass is 19.1. The second-order valence-electron chi connectivity index (χ2n) is 3.88. The number of carboxylic acids is 1. The normalized spacial score (nSPS) is 10.6. The highest BCUT2D eigenvalue weighted by Crippen LogP contribution is 2.15. The SMILES string of the molecule is COCCOCCOCCOc1ncc(F)cc1C(=O)O. The summed E-state index contributed by atoms with van der Waals surface area (Å²) < 4.78 is 33.3. The van der Waals surface area contributed by atoms with Gasteiger partial charge in [-0.2, -0.15) is 0 Å². The number of nitrogens with zero attached hydrogens (tertiary/aromatic N) is 1. The third-order valence-electron chi connectivity index (χ3n) is 2.32. The number of ether oxygens (including phenoxy) is 4. The fourth-order valence-corrected chi connectivity index (χ4v) is 1.36. The minimum Gasteiger partial charge on any atom is -0.477 e. The van der Waals surface area contributed by atoms with Crippen molar-refractivity contribution >= 4 is 5.97 Å². The molecule has 1 aromatic rings. The Labute approximate surface area is 121 Å². The van der Waals surface area contributed by atoms with Gasteiger partial charge < -0.3 is 24.1 Å². The van der Waals surface area contributed by atoms with Crippen LogP contribution < -0.4 is 4.74 Å². The van der Waals surface area contributed by atoms with E-state index in [0.717, 1.165) is 12.3 Å². The minimum absolute atomic E-state index is 0.108. The van der Waals surface area contributed by atoms with Gasteiger partial charge in [0.15, 0.2) is 0 Å². The minimum atomic E-state index is -1.30. The molecule has 0 unspecified atom stereocenters. The number of methoxy groups -OCH3 is 1. The number of carbonyl (C=O) groups is 1. The first-order chi connectivity index (χ1) is 10.1. The van der Waals surface area contributed by atoms with Crippen molar-refractivity contribution in [3.8, 4) is 5.88 Å². The molecule has 0 atom stereocenters. The van der Waals surface area contributed by atoms with Crippen LogP contribution in [0.2, 0.25) is 0 Å². The molecule has 0 aliphatic carbocycles. The van der Waals surface area contributed by atoms with Gasteiger partial charge in [0.2, 0.25) is 5.88 Å². The maximum absolute atomic E-state index is 12.9. The van der Waals surface area contributed by atoms with Crippen molar-refractivity contribution in [2.75, 3.05) is 46.8 Å². The summed E-state index contributed by atoms with van der Waals surface area (Å²) in [6, 6.07) is 0.856. The van der Waals surface area contributed by atoms with Crippen molar-refractivity contribution < 1.29 is 33.2 Å². The monoisotopic (exact) mass is 303 g/mol. The molecule has 0 aliphatic rings. The smallest absolute Gasteiger partial charge is 0.341 e. The van der Waals surface area contributed by atoms with Crippen LogP contribution in [0.25, 0.3) is 0 Å². The molecule has 0 aromatic carbocycles. The van der Waals surface area contributed by atoms with Gasteiger partial charge in [-0.3, -0.25) is 0 Å². The molecule has 0 saturated heterocycles. The van der Waals surface area contributed by atoms with Crippen LogP contribution in [0.5, 0.6) is 5.88 Å². The molecule has 0 amide bonds. The number of carboxylic acid groups (broad SMARTS) is 1. The van der Waals surface area contributed by atoms with Crippen LogP contribution in [-0.2, 0) is 14.2 Å². The zero-order chi connectivity index (χ0) is 15.5. The van der Waals surface area contributed by atoms with Crippen molar-refractivity contribution in [1.29, 1.82) is 0 Å². The van der Waals surface area contributed by atoms with Crippen LogP contribution in [0.15, 0.2) is 12.3 Å². The number of rotatable bonds is 11. The van der Waals surface area contributed by atoms with Crippen LogP contribution in [0.4, 0.5) is 4.39 Å². The molecule has 21 heavy (non-hydrogen) atoms. The lowest BCUT2D eigenvalue weighted by Crippen LogP contribution is -2.14. The highest BCUT2D eigenvalue weighted by molar-refractivity contribution is 5.90. The zero-order valence-corrected chi connectivity index (χ0v) is 11.7. The van der Waals surface area contributed by atoms with Gasteiger partial charge in [-0.25, -0.2) is 14.2 Å². The molecular weight excluding hydrogens is 285 g/mol. The van der Waals surface area contributed by atoms with E-state index in [0.29, 0.717) is 26.4 Å². The fraction of sp³-hybridized carbons (Fsp3) is 0.538. The number of aromatic nitrogens is 1. The Bertz CT molecular complexity index is 443. The summed E-state index contributed by atoms with van der Waals surface area (Å²) in [5.41, 5.74) is -0.321. The van der Waals surface area contributed by atoms with Gasteiger partial charge in [-0.05, 0) is 6.07 Å². The molecule has 7 nitrogen and oxygen atoms in total. The molecule has 1 rings (SSSR count). The average molecular weight is 303 g/mol. The molecule has 0 fully saturated rings. The van der Waals surface area contributed by atoms with Crippen LogP contribution in [0.3, 0.4) is 0 Å². The number of hydrogen-bond acceptors (Lipinski definition) is 6. The van der Waals surface area contributed by atoms with Gasteiger partial charge in [0.05, 0.1) is 39.2 Å². The van der Waals surface area contributed by atoms with Crippen LogP contribution in [0, 0.1) is 5.82 Å². The summed E-state index contributed by atoms with van der Waals surface area (Å²) in [6.07, 6.45) is 0.895. The molecule has 1 aromatic heterocycles. The molecule has 118 valence electrons. The van der Waals surface area contributed by atoms with E-state index in [1.165, 1.54) is 0 Å². The van der Waals surface area contributed by atoms with Crippen LogP contribution in [0.1, 0.15) is 10.4 Å². The molecule has 1 heterocycles. The fourth-order valence-electron chi connectivity index (χ4n) is 1.36. The lowest BCUT2D eigenvalue weighted by molar-refractivity contribution is 0.0175. The second kappa shape index (κ2) is 10.0. The maximum atomic E-state index is 12.9. The molecular formula is C13H18FNO6. The van der Waals surface area contributed by atoms with E-state index in [4.69, 9.17) is 24.1 Å². The van der Waals surface area contributed by atoms with Crippen molar-refractivity contribution in [2.45, 2.75) is 0 Å². The first-order valence-corrected chi connectivity index (χ1v) is 6.31. The summed E-state index contributed by atoms with van der Waals surface area (Å²) in [6.45, 7) is 2.19. The number of aromatic carboxylic acids is 1. The first kappa shape index (κ1) is 17.3. The third-order valence-corrected chi connectivity index (χ3v) is 2.32. The summed E-state index contributed by atoms with van der Waals surface area (Å²) in [7, 11) is 1.59. The van der Waals surface area contributed by atoms with Crippen LogP contribution in [-0.4, -0.2) is 62.8 Å². The number of halogens is 1. The highest BCUT2D eigenvalue weighted by Gasteiger charge is 2.14. The van der Waals surface area contributed by atoms with Gasteiger partial charge in [0.1, 0.15) is 18.0 Å². The van der Waals surface area contributed by atoms with E-state index in [-0.39, 0.29) is 24.7 Å². The van der Waals surface area contributed by atoms with Gasteiger partial charge in [-0.15, -0.1) is 0 Å². The largest absolute Gasteiger partial charge is 0.477 e. The van der Waals surface area contributed by atoms with E-state index in [9.17, 15) is 9.18 Å². The predicted octanol–water partition coefficient (Wildman–Crippen LogP) is 0.977. The standard InChI is InChI=1S/C13H18FNO6/c1-18-2-3-19-4-5-20-6-7-21-12-11(13(16)17)8-10(14)9-15-12/h8-9H,2-7H2,1H3,(H,16,17). The Morgan fingerprint density at radius 3 is 2.43 bits per heavy atom. The number of hydrogen-bond donors (Lipinski definition) is 1. The summed E-state index contributed by atoms with van der Waals surface area (Å²) in [5.74, 6) is -2.17. The Morgan fingerprint density at radius 1 is 1.19 bits per heavy atom. The average Bonchev–Trinajstić information content (AvgIpc) is 2.46. The van der Waals surface area contributed by atoms with Crippen molar-refractivity contribution in [2.24, 2.45) is 0 Å². The lowest BCUT2D eigenvalue weighted by atomic mass is 10.3.